The van der Waals surface area contributed by atoms with E-state index in [0.29, 0.717) is 6.54 Å². The minimum Gasteiger partial charge on any atom is -0.226 e. The summed E-state index contributed by atoms with van der Waals surface area (Å²) >= 11 is 5.59. The zero-order valence-electron chi connectivity index (χ0n) is 7.55. The SMILES string of the molecule is Cc1nc(Cl)ncc1C=CCN=[N+]=[N-]. The van der Waals surface area contributed by atoms with Crippen LogP contribution in [0.1, 0.15) is 11.3 Å². The molecule has 0 N–H and O–H groups in total. The highest BCUT2D eigenvalue weighted by molar-refractivity contribution is 6.28. The molecule has 72 valence electrons. The smallest absolute Gasteiger partial charge is 0.222 e. The topological polar surface area (TPSA) is 74.5 Å². The molecule has 0 saturated heterocycles. The summed E-state index contributed by atoms with van der Waals surface area (Å²) in [7, 11) is 0. The molecule has 0 unspecified atom stereocenters. The molecule has 0 fully saturated rings. The molecule has 0 bridgehead atoms. The number of nitrogens with zero attached hydrogens (tertiary/aromatic N) is 5. The quantitative estimate of drug-likeness (QED) is 0.332. The lowest BCUT2D eigenvalue weighted by Crippen LogP contribution is -1.89. The number of aromatic nitrogens is 2. The van der Waals surface area contributed by atoms with Gasteiger partial charge >= 0.3 is 0 Å². The number of halogens is 1. The predicted molar refractivity (Wildman–Crippen MR) is 54.8 cm³/mol. The second-order valence-electron chi connectivity index (χ2n) is 2.50. The van der Waals surface area contributed by atoms with Gasteiger partial charge in [0, 0.05) is 28.9 Å². The summed E-state index contributed by atoms with van der Waals surface area (Å²) in [5.41, 5.74) is 9.69. The fourth-order valence-corrected chi connectivity index (χ4v) is 1.05. The molecule has 0 atom stereocenters. The predicted octanol–water partition coefficient (Wildman–Crippen LogP) is 2.76. The van der Waals surface area contributed by atoms with E-state index in [-0.39, 0.29) is 5.28 Å². The molecular formula is C8H8ClN5. The molecule has 14 heavy (non-hydrogen) atoms. The van der Waals surface area contributed by atoms with Crippen LogP contribution < -0.4 is 0 Å². The van der Waals surface area contributed by atoms with E-state index in [0.717, 1.165) is 11.3 Å². The Balaban J connectivity index is 2.76. The molecule has 0 radical (unpaired) electrons. The molecule has 1 aromatic heterocycles. The summed E-state index contributed by atoms with van der Waals surface area (Å²) < 4.78 is 0. The Kier molecular flexibility index (Phi) is 3.91. The molecule has 0 amide bonds. The standard InChI is InChI=1S/C8H8ClN5/c1-6-7(3-2-4-12-14-10)5-11-8(9)13-6/h2-3,5H,4H2,1H3. The summed E-state index contributed by atoms with van der Waals surface area (Å²) in [4.78, 5) is 10.4. The van der Waals surface area contributed by atoms with E-state index in [1.807, 2.05) is 6.92 Å². The molecule has 6 heteroatoms. The molecule has 0 spiro atoms. The van der Waals surface area contributed by atoms with Gasteiger partial charge in [-0.2, -0.15) is 0 Å². The average molecular weight is 210 g/mol. The lowest BCUT2D eigenvalue weighted by Gasteiger charge is -1.97. The zero-order chi connectivity index (χ0) is 10.4. The first kappa shape index (κ1) is 10.5. The van der Waals surface area contributed by atoms with Crippen LogP contribution in [-0.4, -0.2) is 16.5 Å². The normalized spacial score (nSPS) is 10.1. The van der Waals surface area contributed by atoms with Crippen molar-refractivity contribution in [2.75, 3.05) is 6.54 Å². The van der Waals surface area contributed by atoms with Crippen LogP contribution >= 0.6 is 11.6 Å². The van der Waals surface area contributed by atoms with Crippen molar-refractivity contribution in [1.29, 1.82) is 0 Å². The highest BCUT2D eigenvalue weighted by atomic mass is 35.5. The highest BCUT2D eigenvalue weighted by Gasteiger charge is 1.96. The highest BCUT2D eigenvalue weighted by Crippen LogP contribution is 2.08. The second-order valence-corrected chi connectivity index (χ2v) is 2.83. The van der Waals surface area contributed by atoms with Crippen LogP contribution in [0.25, 0.3) is 16.5 Å². The van der Waals surface area contributed by atoms with E-state index >= 15 is 0 Å². The van der Waals surface area contributed by atoms with Gasteiger partial charge in [-0.15, -0.1) is 0 Å². The van der Waals surface area contributed by atoms with Crippen molar-refractivity contribution in [2.45, 2.75) is 6.92 Å². The first-order valence-corrected chi connectivity index (χ1v) is 4.28. The van der Waals surface area contributed by atoms with Gasteiger partial charge in [-0.3, -0.25) is 0 Å². The lowest BCUT2D eigenvalue weighted by atomic mass is 10.2. The molecule has 1 rings (SSSR count). The van der Waals surface area contributed by atoms with Crippen molar-refractivity contribution in [1.82, 2.24) is 9.97 Å². The van der Waals surface area contributed by atoms with Crippen molar-refractivity contribution < 1.29 is 0 Å². The van der Waals surface area contributed by atoms with Crippen molar-refractivity contribution in [2.24, 2.45) is 5.11 Å². The van der Waals surface area contributed by atoms with Gasteiger partial charge in [0.25, 0.3) is 0 Å². The summed E-state index contributed by atoms with van der Waals surface area (Å²) in [6.07, 6.45) is 5.15. The Bertz CT molecular complexity index is 395. The van der Waals surface area contributed by atoms with Gasteiger partial charge < -0.3 is 0 Å². The number of rotatable bonds is 3. The maximum atomic E-state index is 8.04. The van der Waals surface area contributed by atoms with Gasteiger partial charge in [0.1, 0.15) is 0 Å². The molecule has 0 aliphatic heterocycles. The minimum absolute atomic E-state index is 0.231. The Hall–Kier alpha value is -1.58. The average Bonchev–Trinajstić information content (AvgIpc) is 2.15. The molecule has 1 heterocycles. The van der Waals surface area contributed by atoms with E-state index in [1.165, 1.54) is 0 Å². The molecule has 0 aliphatic rings. The first-order chi connectivity index (χ1) is 6.74. The van der Waals surface area contributed by atoms with Gasteiger partial charge in [-0.25, -0.2) is 9.97 Å². The van der Waals surface area contributed by atoms with E-state index < -0.39 is 0 Å². The molecule has 0 aromatic carbocycles. The molecular weight excluding hydrogens is 202 g/mol. The number of azide groups is 1. The summed E-state index contributed by atoms with van der Waals surface area (Å²) in [5, 5.41) is 3.59. The van der Waals surface area contributed by atoms with E-state index in [1.54, 1.807) is 18.3 Å². The fraction of sp³-hybridized carbons (Fsp3) is 0.250. The van der Waals surface area contributed by atoms with Crippen LogP contribution in [-0.2, 0) is 0 Å². The zero-order valence-corrected chi connectivity index (χ0v) is 8.31. The first-order valence-electron chi connectivity index (χ1n) is 3.90. The molecule has 5 nitrogen and oxygen atoms in total. The molecule has 1 aromatic rings. The summed E-state index contributed by atoms with van der Waals surface area (Å²) in [5.74, 6) is 0. The molecule has 0 aliphatic carbocycles. The number of aryl methyl sites for hydroxylation is 1. The van der Waals surface area contributed by atoms with Crippen molar-refractivity contribution in [3.8, 4) is 0 Å². The Morgan fingerprint density at radius 2 is 2.50 bits per heavy atom. The van der Waals surface area contributed by atoms with Crippen molar-refractivity contribution in [3.63, 3.8) is 0 Å². The third kappa shape index (κ3) is 3.05. The van der Waals surface area contributed by atoms with Crippen LogP contribution in [0.3, 0.4) is 0 Å². The van der Waals surface area contributed by atoms with Crippen LogP contribution in [0.5, 0.6) is 0 Å². The van der Waals surface area contributed by atoms with Crippen molar-refractivity contribution >= 4 is 17.7 Å². The number of hydrogen-bond donors (Lipinski definition) is 0. The van der Waals surface area contributed by atoms with Gasteiger partial charge in [0.05, 0.1) is 0 Å². The van der Waals surface area contributed by atoms with Crippen LogP contribution in [0, 0.1) is 6.92 Å². The number of hydrogen-bond acceptors (Lipinski definition) is 3. The van der Waals surface area contributed by atoms with Gasteiger partial charge in [-0.1, -0.05) is 17.3 Å². The Morgan fingerprint density at radius 1 is 1.71 bits per heavy atom. The monoisotopic (exact) mass is 209 g/mol. The van der Waals surface area contributed by atoms with Crippen LogP contribution in [0.15, 0.2) is 17.4 Å². The van der Waals surface area contributed by atoms with Crippen molar-refractivity contribution in [3.05, 3.63) is 39.3 Å². The Morgan fingerprint density at radius 3 is 3.14 bits per heavy atom. The van der Waals surface area contributed by atoms with Crippen LogP contribution in [0.2, 0.25) is 5.28 Å². The minimum atomic E-state index is 0.231. The summed E-state index contributed by atoms with van der Waals surface area (Å²) in [6.45, 7) is 2.15. The fourth-order valence-electron chi connectivity index (χ4n) is 0.875. The van der Waals surface area contributed by atoms with Gasteiger partial charge in [-0.05, 0) is 24.1 Å². The van der Waals surface area contributed by atoms with E-state index in [2.05, 4.69) is 20.0 Å². The van der Waals surface area contributed by atoms with Gasteiger partial charge in [0.2, 0.25) is 5.28 Å². The third-order valence-electron chi connectivity index (χ3n) is 1.54. The maximum absolute atomic E-state index is 8.04. The second kappa shape index (κ2) is 5.21. The maximum Gasteiger partial charge on any atom is 0.222 e. The molecule has 0 saturated carbocycles. The van der Waals surface area contributed by atoms with Crippen LogP contribution in [0.4, 0.5) is 0 Å². The third-order valence-corrected chi connectivity index (χ3v) is 1.72. The van der Waals surface area contributed by atoms with Gasteiger partial charge in [0.15, 0.2) is 0 Å². The largest absolute Gasteiger partial charge is 0.226 e. The Labute approximate surface area is 86.1 Å². The van der Waals surface area contributed by atoms with E-state index in [9.17, 15) is 0 Å². The lowest BCUT2D eigenvalue weighted by molar-refractivity contribution is 1.09. The summed E-state index contributed by atoms with van der Waals surface area (Å²) in [6, 6.07) is 0. The van der Waals surface area contributed by atoms with E-state index in [4.69, 9.17) is 17.1 Å².